The van der Waals surface area contributed by atoms with Crippen molar-refractivity contribution in [2.45, 2.75) is 46.7 Å². The fraction of sp³-hybridized carbons (Fsp3) is 0.370. The molecule has 2 saturated heterocycles. The van der Waals surface area contributed by atoms with Crippen LogP contribution in [0.5, 0.6) is 0 Å². The molecular formula is C27H28N2O3. The van der Waals surface area contributed by atoms with Crippen LogP contribution in [0.15, 0.2) is 48.7 Å². The number of fused-ring (bicyclic) bond motifs is 5. The molecule has 0 radical (unpaired) electrons. The van der Waals surface area contributed by atoms with Gasteiger partial charge in [0.15, 0.2) is 5.78 Å². The number of ketones is 1. The highest BCUT2D eigenvalue weighted by atomic mass is 16.2. The lowest BCUT2D eigenvalue weighted by molar-refractivity contribution is -0.135. The topological polar surface area (TPSA) is 57.7 Å². The van der Waals surface area contributed by atoms with Crippen LogP contribution in [0.1, 0.15) is 49.1 Å². The maximum absolute atomic E-state index is 13.8. The minimum atomic E-state index is -0.698. The van der Waals surface area contributed by atoms with E-state index in [1.807, 2.05) is 94.3 Å². The summed E-state index contributed by atoms with van der Waals surface area (Å²) < 4.78 is 0. The summed E-state index contributed by atoms with van der Waals surface area (Å²) in [5, 5.41) is 0. The monoisotopic (exact) mass is 428 g/mol. The highest BCUT2D eigenvalue weighted by Gasteiger charge is 2.65. The van der Waals surface area contributed by atoms with E-state index < -0.39 is 23.3 Å². The molecule has 2 aromatic rings. The Kier molecular flexibility index (Phi) is 4.45. The maximum Gasteiger partial charge on any atom is 0.240 e. The van der Waals surface area contributed by atoms with Gasteiger partial charge in [-0.2, -0.15) is 0 Å². The van der Waals surface area contributed by atoms with Crippen molar-refractivity contribution in [1.82, 2.24) is 4.90 Å². The second-order valence-corrected chi connectivity index (χ2v) is 10.2. The SMILES string of the molecule is Cc1ccc(N2C(=O)[C@@H]3[C@@H](C2=O)[C@@H]2c4ccccc4C=CN2[C@@H]3C(=O)C(C)(C)C)cc1C. The molecule has 5 nitrogen and oxygen atoms in total. The van der Waals surface area contributed by atoms with Gasteiger partial charge >= 0.3 is 0 Å². The molecule has 0 N–H and O–H groups in total. The quantitative estimate of drug-likeness (QED) is 0.664. The van der Waals surface area contributed by atoms with Gasteiger partial charge < -0.3 is 4.90 Å². The van der Waals surface area contributed by atoms with E-state index in [1.165, 1.54) is 4.90 Å². The minimum absolute atomic E-state index is 0.0119. The van der Waals surface area contributed by atoms with Gasteiger partial charge in [-0.05, 0) is 54.3 Å². The normalized spacial score (nSPS) is 26.3. The molecule has 3 aliphatic rings. The minimum Gasteiger partial charge on any atom is -0.359 e. The second-order valence-electron chi connectivity index (χ2n) is 10.2. The Balaban J connectivity index is 1.67. The molecule has 2 fully saturated rings. The molecule has 0 unspecified atom stereocenters. The zero-order chi connectivity index (χ0) is 22.9. The molecule has 0 aromatic heterocycles. The molecule has 0 saturated carbocycles. The van der Waals surface area contributed by atoms with Crippen molar-refractivity contribution in [2.75, 3.05) is 4.90 Å². The van der Waals surface area contributed by atoms with Gasteiger partial charge in [-0.25, -0.2) is 4.90 Å². The van der Waals surface area contributed by atoms with E-state index in [1.54, 1.807) is 0 Å². The molecule has 2 aromatic carbocycles. The second kappa shape index (κ2) is 6.89. The number of Topliss-reactive ketones (excluding diaryl/α,β-unsaturated/α-hetero) is 1. The van der Waals surface area contributed by atoms with Gasteiger partial charge in [0.05, 0.1) is 23.6 Å². The molecule has 3 aliphatic heterocycles. The van der Waals surface area contributed by atoms with Crippen LogP contribution in [0.2, 0.25) is 0 Å². The van der Waals surface area contributed by atoms with Gasteiger partial charge in [0.1, 0.15) is 6.04 Å². The molecule has 32 heavy (non-hydrogen) atoms. The number of anilines is 1. The van der Waals surface area contributed by atoms with E-state index in [4.69, 9.17) is 0 Å². The van der Waals surface area contributed by atoms with Crippen LogP contribution in [0.3, 0.4) is 0 Å². The van der Waals surface area contributed by atoms with Gasteiger partial charge in [0.25, 0.3) is 0 Å². The number of imide groups is 1. The number of nitrogens with zero attached hydrogens (tertiary/aromatic N) is 2. The van der Waals surface area contributed by atoms with Gasteiger partial charge in [-0.1, -0.05) is 51.1 Å². The summed E-state index contributed by atoms with van der Waals surface area (Å²) in [6.07, 6.45) is 3.88. The average Bonchev–Trinajstić information content (AvgIpc) is 3.22. The van der Waals surface area contributed by atoms with Crippen molar-refractivity contribution >= 4 is 29.4 Å². The zero-order valence-corrected chi connectivity index (χ0v) is 19.1. The van der Waals surface area contributed by atoms with Crippen molar-refractivity contribution in [2.24, 2.45) is 17.3 Å². The van der Waals surface area contributed by atoms with Gasteiger partial charge in [-0.3, -0.25) is 14.4 Å². The van der Waals surface area contributed by atoms with Gasteiger partial charge in [0, 0.05) is 11.6 Å². The van der Waals surface area contributed by atoms with E-state index in [9.17, 15) is 14.4 Å². The van der Waals surface area contributed by atoms with Gasteiger partial charge in [0.2, 0.25) is 11.8 Å². The van der Waals surface area contributed by atoms with Crippen molar-refractivity contribution in [3.05, 3.63) is 70.9 Å². The highest BCUT2D eigenvalue weighted by molar-refractivity contribution is 6.24. The summed E-state index contributed by atoms with van der Waals surface area (Å²) in [6.45, 7) is 9.61. The van der Waals surface area contributed by atoms with Crippen molar-refractivity contribution in [3.63, 3.8) is 0 Å². The maximum atomic E-state index is 13.8. The first-order chi connectivity index (χ1) is 15.1. The third-order valence-electron chi connectivity index (χ3n) is 7.22. The number of amides is 2. The fourth-order valence-electron chi connectivity index (χ4n) is 5.42. The first-order valence-electron chi connectivity index (χ1n) is 11.1. The lowest BCUT2D eigenvalue weighted by atomic mass is 9.79. The zero-order valence-electron chi connectivity index (χ0n) is 19.1. The van der Waals surface area contributed by atoms with Crippen LogP contribution >= 0.6 is 0 Å². The van der Waals surface area contributed by atoms with Crippen LogP contribution in [-0.2, 0) is 14.4 Å². The summed E-state index contributed by atoms with van der Waals surface area (Å²) in [5.74, 6) is -1.79. The summed E-state index contributed by atoms with van der Waals surface area (Å²) >= 11 is 0. The van der Waals surface area contributed by atoms with E-state index in [0.29, 0.717) is 5.69 Å². The molecule has 5 heteroatoms. The Morgan fingerprint density at radius 1 is 0.906 bits per heavy atom. The van der Waals surface area contributed by atoms with Crippen LogP contribution in [-0.4, -0.2) is 28.5 Å². The number of carbonyl (C=O) groups excluding carboxylic acids is 3. The number of hydrogen-bond acceptors (Lipinski definition) is 4. The molecule has 0 aliphatic carbocycles. The molecular weight excluding hydrogens is 400 g/mol. The average molecular weight is 429 g/mol. The smallest absolute Gasteiger partial charge is 0.240 e. The number of aryl methyl sites for hydroxylation is 2. The van der Waals surface area contributed by atoms with Crippen LogP contribution in [0.4, 0.5) is 5.69 Å². The first kappa shape index (κ1) is 20.7. The molecule has 4 atom stereocenters. The summed E-state index contributed by atoms with van der Waals surface area (Å²) in [7, 11) is 0. The number of rotatable bonds is 2. The number of hydrogen-bond donors (Lipinski definition) is 0. The Morgan fingerprint density at radius 3 is 2.28 bits per heavy atom. The Bertz CT molecular complexity index is 1190. The first-order valence-corrected chi connectivity index (χ1v) is 11.1. The summed E-state index contributed by atoms with van der Waals surface area (Å²) in [4.78, 5) is 44.5. The molecule has 0 bridgehead atoms. The van der Waals surface area contributed by atoms with E-state index in [-0.39, 0.29) is 23.6 Å². The molecule has 5 rings (SSSR count). The Morgan fingerprint density at radius 2 is 1.59 bits per heavy atom. The van der Waals surface area contributed by atoms with Crippen LogP contribution in [0, 0.1) is 31.1 Å². The van der Waals surface area contributed by atoms with Crippen LogP contribution < -0.4 is 4.90 Å². The molecule has 3 heterocycles. The van der Waals surface area contributed by atoms with Crippen molar-refractivity contribution in [3.8, 4) is 0 Å². The van der Waals surface area contributed by atoms with E-state index in [0.717, 1.165) is 22.3 Å². The third kappa shape index (κ3) is 2.80. The number of carbonyl (C=O) groups is 3. The lowest BCUT2D eigenvalue weighted by Gasteiger charge is -2.37. The standard InChI is InChI=1S/C27H28N2O3/c1-15-10-11-18(14-16(15)2)29-25(31)20-21(26(29)32)23(24(30)27(3,4)5)28-13-12-17-8-6-7-9-19(17)22(20)28/h6-14,20-23H,1-5H3/t20-,21-,22+,23+/m1/s1. The summed E-state index contributed by atoms with van der Waals surface area (Å²) in [5.41, 5.74) is 4.11. The largest absolute Gasteiger partial charge is 0.359 e. The van der Waals surface area contributed by atoms with E-state index >= 15 is 0 Å². The third-order valence-corrected chi connectivity index (χ3v) is 7.22. The number of benzene rings is 2. The highest BCUT2D eigenvalue weighted by Crippen LogP contribution is 2.54. The van der Waals surface area contributed by atoms with Crippen molar-refractivity contribution in [1.29, 1.82) is 0 Å². The predicted octanol–water partition coefficient (Wildman–Crippen LogP) is 4.43. The Hall–Kier alpha value is -3.21. The fourth-order valence-corrected chi connectivity index (χ4v) is 5.42. The summed E-state index contributed by atoms with van der Waals surface area (Å²) in [6, 6.07) is 12.6. The van der Waals surface area contributed by atoms with E-state index in [2.05, 4.69) is 0 Å². The van der Waals surface area contributed by atoms with Crippen LogP contribution in [0.25, 0.3) is 6.08 Å². The molecule has 0 spiro atoms. The predicted molar refractivity (Wildman–Crippen MR) is 124 cm³/mol. The van der Waals surface area contributed by atoms with Gasteiger partial charge in [-0.15, -0.1) is 0 Å². The molecule has 164 valence electrons. The lowest BCUT2D eigenvalue weighted by Crippen LogP contribution is -2.47. The molecule has 2 amide bonds. The van der Waals surface area contributed by atoms with Crippen molar-refractivity contribution < 1.29 is 14.4 Å². The Labute approximate surface area is 188 Å².